The molecular weight excluding hydrogens is 322 g/mol. The number of halogens is 4. The number of aromatic nitrogens is 3. The molecule has 6 nitrogen and oxygen atoms in total. The summed E-state index contributed by atoms with van der Waals surface area (Å²) in [5.41, 5.74) is -1.02. The van der Waals surface area contributed by atoms with E-state index >= 15 is 0 Å². The summed E-state index contributed by atoms with van der Waals surface area (Å²) in [5, 5.41) is 6.27. The van der Waals surface area contributed by atoms with Gasteiger partial charge in [-0.05, 0) is 13.8 Å². The lowest BCUT2D eigenvalue weighted by Crippen LogP contribution is -2.14. The maximum atomic E-state index is 13.8. The number of H-pyrrole nitrogens is 1. The fourth-order valence-corrected chi connectivity index (χ4v) is 1.73. The van der Waals surface area contributed by atoms with Gasteiger partial charge in [-0.15, -0.1) is 0 Å². The highest BCUT2D eigenvalue weighted by atomic mass is 19.3. The van der Waals surface area contributed by atoms with Crippen molar-refractivity contribution in [2.75, 3.05) is 0 Å². The van der Waals surface area contributed by atoms with Crippen LogP contribution in [0.5, 0.6) is 5.75 Å². The summed E-state index contributed by atoms with van der Waals surface area (Å²) in [4.78, 5) is 15.8. The van der Waals surface area contributed by atoms with Crippen LogP contribution in [0.15, 0.2) is 12.1 Å². The Morgan fingerprint density at radius 3 is 2.35 bits per heavy atom. The van der Waals surface area contributed by atoms with Crippen LogP contribution in [-0.2, 0) is 4.74 Å². The highest BCUT2D eigenvalue weighted by Crippen LogP contribution is 2.24. The molecule has 1 heterocycles. The highest BCUT2D eigenvalue weighted by Gasteiger charge is 2.25. The van der Waals surface area contributed by atoms with Gasteiger partial charge in [-0.3, -0.25) is 5.10 Å². The fraction of sp³-hybridized carbons (Fsp3) is 0.308. The summed E-state index contributed by atoms with van der Waals surface area (Å²) in [6.07, 6.45) is -0.969. The molecule has 0 bridgehead atoms. The molecule has 2 aromatic rings. The van der Waals surface area contributed by atoms with Crippen molar-refractivity contribution >= 4 is 5.97 Å². The first-order valence-electron chi connectivity index (χ1n) is 6.31. The molecule has 1 aromatic heterocycles. The molecule has 0 aliphatic carbocycles. The Kier molecular flexibility index (Phi) is 4.82. The van der Waals surface area contributed by atoms with Gasteiger partial charge in [0.25, 0.3) is 0 Å². The lowest BCUT2D eigenvalue weighted by Gasteiger charge is -2.12. The number of benzene rings is 1. The summed E-state index contributed by atoms with van der Waals surface area (Å²) >= 11 is 0. The van der Waals surface area contributed by atoms with Gasteiger partial charge >= 0.3 is 12.6 Å². The van der Waals surface area contributed by atoms with Gasteiger partial charge in [0.2, 0.25) is 0 Å². The van der Waals surface area contributed by atoms with Crippen LogP contribution in [0.4, 0.5) is 17.6 Å². The van der Waals surface area contributed by atoms with Crippen molar-refractivity contribution in [3.8, 4) is 5.75 Å². The minimum absolute atomic E-state index is 0.120. The van der Waals surface area contributed by atoms with Crippen LogP contribution in [0, 0.1) is 18.6 Å². The van der Waals surface area contributed by atoms with E-state index < -0.39 is 41.6 Å². The number of aryl methyl sites for hydroxylation is 1. The van der Waals surface area contributed by atoms with Crippen LogP contribution in [0.2, 0.25) is 0 Å². The molecule has 1 atom stereocenters. The van der Waals surface area contributed by atoms with Crippen molar-refractivity contribution in [2.45, 2.75) is 26.6 Å². The van der Waals surface area contributed by atoms with Crippen LogP contribution >= 0.6 is 0 Å². The molecule has 124 valence electrons. The number of carbonyl (C=O) groups is 1. The molecule has 0 amide bonds. The highest BCUT2D eigenvalue weighted by molar-refractivity contribution is 5.90. The van der Waals surface area contributed by atoms with Crippen LogP contribution in [0.3, 0.4) is 0 Å². The number of aromatic amines is 1. The Hall–Kier alpha value is -2.65. The molecule has 1 aromatic carbocycles. The average Bonchev–Trinajstić information content (AvgIpc) is 2.83. The molecule has 1 N–H and O–H groups in total. The number of esters is 1. The summed E-state index contributed by atoms with van der Waals surface area (Å²) < 4.78 is 60.3. The molecule has 10 heteroatoms. The van der Waals surface area contributed by atoms with E-state index in [1.807, 2.05) is 0 Å². The van der Waals surface area contributed by atoms with Crippen molar-refractivity contribution in [1.82, 2.24) is 15.2 Å². The molecule has 0 spiro atoms. The average molecular weight is 333 g/mol. The van der Waals surface area contributed by atoms with Crippen LogP contribution in [-0.4, -0.2) is 27.8 Å². The van der Waals surface area contributed by atoms with Gasteiger partial charge < -0.3 is 9.47 Å². The van der Waals surface area contributed by atoms with Gasteiger partial charge in [0.15, 0.2) is 11.9 Å². The van der Waals surface area contributed by atoms with E-state index in [0.717, 1.165) is 0 Å². The zero-order valence-corrected chi connectivity index (χ0v) is 11.9. The van der Waals surface area contributed by atoms with E-state index in [4.69, 9.17) is 4.74 Å². The second kappa shape index (κ2) is 6.63. The maximum Gasteiger partial charge on any atom is 0.387 e. The Balaban J connectivity index is 2.19. The number of nitrogens with one attached hydrogen (secondary N) is 1. The Bertz CT molecular complexity index is 697. The number of hydrogen-bond donors (Lipinski definition) is 1. The molecule has 0 aliphatic rings. The quantitative estimate of drug-likeness (QED) is 0.672. The monoisotopic (exact) mass is 333 g/mol. The summed E-state index contributed by atoms with van der Waals surface area (Å²) in [7, 11) is 0. The van der Waals surface area contributed by atoms with Gasteiger partial charge in [-0.25, -0.2) is 18.6 Å². The number of rotatable bonds is 5. The largest absolute Gasteiger partial charge is 0.451 e. The number of carbonyl (C=O) groups excluding carboxylic acids is 1. The van der Waals surface area contributed by atoms with Crippen LogP contribution in [0.25, 0.3) is 0 Å². The zero-order chi connectivity index (χ0) is 17.1. The number of ether oxygens (including phenoxy) is 2. The SMILES string of the molecule is Cc1nc(C(C)OC(=O)c2c(F)cc(OC(F)F)cc2F)n[nH]1. The van der Waals surface area contributed by atoms with Crippen molar-refractivity contribution in [1.29, 1.82) is 0 Å². The second-order valence-corrected chi connectivity index (χ2v) is 4.47. The maximum absolute atomic E-state index is 13.8. The van der Waals surface area contributed by atoms with Gasteiger partial charge in [0.05, 0.1) is 0 Å². The minimum Gasteiger partial charge on any atom is -0.451 e. The molecule has 0 saturated carbocycles. The van der Waals surface area contributed by atoms with E-state index in [1.54, 1.807) is 6.92 Å². The normalized spacial score (nSPS) is 12.3. The second-order valence-electron chi connectivity index (χ2n) is 4.47. The Morgan fingerprint density at radius 2 is 1.87 bits per heavy atom. The van der Waals surface area contributed by atoms with Crippen LogP contribution < -0.4 is 4.74 Å². The van der Waals surface area contributed by atoms with E-state index in [9.17, 15) is 22.4 Å². The molecule has 1 unspecified atom stereocenters. The Morgan fingerprint density at radius 1 is 1.26 bits per heavy atom. The fourth-order valence-electron chi connectivity index (χ4n) is 1.73. The lowest BCUT2D eigenvalue weighted by atomic mass is 10.2. The number of hydrogen-bond acceptors (Lipinski definition) is 5. The number of alkyl halides is 2. The first kappa shape index (κ1) is 16.7. The molecule has 0 saturated heterocycles. The van der Waals surface area contributed by atoms with Gasteiger partial charge in [-0.1, -0.05) is 0 Å². The number of nitrogens with zero attached hydrogens (tertiary/aromatic N) is 2. The van der Waals surface area contributed by atoms with Gasteiger partial charge in [0.1, 0.15) is 28.8 Å². The van der Waals surface area contributed by atoms with Crippen molar-refractivity contribution < 1.29 is 31.8 Å². The molecule has 23 heavy (non-hydrogen) atoms. The summed E-state index contributed by atoms with van der Waals surface area (Å²) in [5.74, 6) is -4.25. The predicted octanol–water partition coefficient (Wildman–Crippen LogP) is 2.91. The molecule has 0 radical (unpaired) electrons. The van der Waals surface area contributed by atoms with Crippen molar-refractivity contribution in [3.63, 3.8) is 0 Å². The molecule has 2 rings (SSSR count). The molecular formula is C13H11F4N3O3. The topological polar surface area (TPSA) is 77.1 Å². The van der Waals surface area contributed by atoms with Crippen LogP contribution in [0.1, 0.15) is 35.0 Å². The zero-order valence-electron chi connectivity index (χ0n) is 11.9. The van der Waals surface area contributed by atoms with E-state index in [-0.39, 0.29) is 5.82 Å². The van der Waals surface area contributed by atoms with E-state index in [2.05, 4.69) is 19.9 Å². The van der Waals surface area contributed by atoms with Crippen molar-refractivity contribution in [2.24, 2.45) is 0 Å². The third kappa shape index (κ3) is 3.96. The van der Waals surface area contributed by atoms with E-state index in [1.165, 1.54) is 6.92 Å². The Labute approximate surface area is 127 Å². The lowest BCUT2D eigenvalue weighted by molar-refractivity contribution is -0.0501. The van der Waals surface area contributed by atoms with Crippen molar-refractivity contribution in [3.05, 3.63) is 41.0 Å². The standard InChI is InChI=1S/C13H11F4N3O3/c1-5(11-18-6(2)19-20-11)22-12(21)10-8(14)3-7(4-9(10)15)23-13(16)17/h3-5,13H,1-2H3,(H,18,19,20). The predicted molar refractivity (Wildman–Crippen MR) is 67.9 cm³/mol. The first-order chi connectivity index (χ1) is 10.8. The van der Waals surface area contributed by atoms with E-state index in [0.29, 0.717) is 18.0 Å². The third-order valence-electron chi connectivity index (χ3n) is 2.71. The van der Waals surface area contributed by atoms with Gasteiger partial charge in [0, 0.05) is 12.1 Å². The molecule has 0 aliphatic heterocycles. The smallest absolute Gasteiger partial charge is 0.387 e. The summed E-state index contributed by atoms with van der Waals surface area (Å²) in [6, 6.07) is 0.931. The minimum atomic E-state index is -3.25. The third-order valence-corrected chi connectivity index (χ3v) is 2.71. The van der Waals surface area contributed by atoms with Gasteiger partial charge in [-0.2, -0.15) is 13.9 Å². The summed E-state index contributed by atoms with van der Waals surface area (Å²) in [6.45, 7) is -0.225. The molecule has 0 fully saturated rings. The first-order valence-corrected chi connectivity index (χ1v) is 6.31.